The fourth-order valence-electron chi connectivity index (χ4n) is 4.51. The second-order valence-electron chi connectivity index (χ2n) is 8.07. The van der Waals surface area contributed by atoms with Gasteiger partial charge in [-0.3, -0.25) is 14.5 Å². The Morgan fingerprint density at radius 1 is 0.800 bits per heavy atom. The van der Waals surface area contributed by atoms with E-state index in [4.69, 9.17) is 0 Å². The highest BCUT2D eigenvalue weighted by atomic mass is 16.1. The third-order valence-corrected chi connectivity index (χ3v) is 6.14. The van der Waals surface area contributed by atoms with Gasteiger partial charge in [0.2, 0.25) is 0 Å². The fraction of sp³-hybridized carbons (Fsp3) is 0.231. The summed E-state index contributed by atoms with van der Waals surface area (Å²) in [5.74, 6) is -0.163. The summed E-state index contributed by atoms with van der Waals surface area (Å²) in [5.41, 5.74) is 6.09. The predicted molar refractivity (Wildman–Crippen MR) is 117 cm³/mol. The number of carbonyl (C=O) groups excluding carboxylic acids is 2. The second-order valence-corrected chi connectivity index (χ2v) is 8.07. The Labute approximate surface area is 176 Å². The number of carbonyl (C=O) groups is 2. The zero-order chi connectivity index (χ0) is 20.5. The molecule has 4 nitrogen and oxygen atoms in total. The molecule has 1 fully saturated rings. The molecule has 1 saturated heterocycles. The van der Waals surface area contributed by atoms with E-state index >= 15 is 0 Å². The maximum atomic E-state index is 12.8. The summed E-state index contributed by atoms with van der Waals surface area (Å²) in [6.45, 7) is 3.70. The van der Waals surface area contributed by atoms with Gasteiger partial charge in [-0.15, -0.1) is 0 Å². The van der Waals surface area contributed by atoms with E-state index in [2.05, 4.69) is 28.4 Å². The van der Waals surface area contributed by atoms with Crippen molar-refractivity contribution in [3.63, 3.8) is 0 Å². The molecule has 3 aromatic rings. The Hall–Kier alpha value is -3.24. The van der Waals surface area contributed by atoms with Gasteiger partial charge in [0.15, 0.2) is 5.78 Å². The molecule has 1 heterocycles. The van der Waals surface area contributed by atoms with Crippen molar-refractivity contribution in [2.75, 3.05) is 13.1 Å². The van der Waals surface area contributed by atoms with Crippen molar-refractivity contribution in [1.82, 2.24) is 10.2 Å². The number of rotatable bonds is 5. The molecule has 1 aliphatic carbocycles. The van der Waals surface area contributed by atoms with E-state index in [1.54, 1.807) is 12.1 Å². The third kappa shape index (κ3) is 3.44. The first-order valence-corrected chi connectivity index (χ1v) is 10.6. The highest BCUT2D eigenvalue weighted by Crippen LogP contribution is 2.36. The van der Waals surface area contributed by atoms with Crippen molar-refractivity contribution in [1.29, 1.82) is 0 Å². The van der Waals surface area contributed by atoms with E-state index in [1.807, 2.05) is 36.4 Å². The van der Waals surface area contributed by atoms with Crippen LogP contribution in [0.4, 0.5) is 0 Å². The molecular weight excluding hydrogens is 372 g/mol. The summed E-state index contributed by atoms with van der Waals surface area (Å²) in [6.07, 6.45) is 2.53. The van der Waals surface area contributed by atoms with E-state index < -0.39 is 0 Å². The summed E-state index contributed by atoms with van der Waals surface area (Å²) in [6, 6.07) is 21.3. The van der Waals surface area contributed by atoms with Crippen molar-refractivity contribution in [2.24, 2.45) is 0 Å². The molecule has 0 aromatic heterocycles. The normalized spacial score (nSPS) is 15.1. The Morgan fingerprint density at radius 2 is 1.47 bits per heavy atom. The van der Waals surface area contributed by atoms with Crippen molar-refractivity contribution in [3.8, 4) is 11.1 Å². The van der Waals surface area contributed by atoms with Crippen LogP contribution in [0.15, 0.2) is 66.7 Å². The molecule has 1 amide bonds. The van der Waals surface area contributed by atoms with Crippen molar-refractivity contribution >= 4 is 11.7 Å². The minimum Gasteiger partial charge on any atom is -0.348 e. The van der Waals surface area contributed by atoms with Gasteiger partial charge in [0, 0.05) is 29.8 Å². The summed E-state index contributed by atoms with van der Waals surface area (Å²) >= 11 is 0. The highest BCUT2D eigenvalue weighted by molar-refractivity contribution is 6.22. The third-order valence-electron chi connectivity index (χ3n) is 6.14. The topological polar surface area (TPSA) is 49.4 Å². The van der Waals surface area contributed by atoms with Crippen LogP contribution in [0.1, 0.15) is 50.2 Å². The predicted octanol–water partition coefficient (Wildman–Crippen LogP) is 4.42. The summed E-state index contributed by atoms with van der Waals surface area (Å²) in [5, 5.41) is 3.04. The molecular formula is C26H24N2O2. The molecule has 0 radical (unpaired) electrons. The zero-order valence-electron chi connectivity index (χ0n) is 16.9. The quantitative estimate of drug-likeness (QED) is 0.543. The van der Waals surface area contributed by atoms with Gasteiger partial charge < -0.3 is 5.32 Å². The SMILES string of the molecule is O=C(NCc1ccccc1CN1CCCC1)c1ccc2c(c1)C(=O)c1ccccc1-2. The molecule has 150 valence electrons. The van der Waals surface area contributed by atoms with E-state index in [0.29, 0.717) is 23.2 Å². The molecule has 5 rings (SSSR count). The number of amides is 1. The minimum absolute atomic E-state index is 0.00814. The number of fused-ring (bicyclic) bond motifs is 3. The highest BCUT2D eigenvalue weighted by Gasteiger charge is 2.27. The number of nitrogens with one attached hydrogen (secondary N) is 1. The molecule has 3 aromatic carbocycles. The van der Waals surface area contributed by atoms with Crippen LogP contribution in [-0.4, -0.2) is 29.7 Å². The average Bonchev–Trinajstić information content (AvgIpc) is 3.39. The molecule has 0 bridgehead atoms. The standard InChI is InChI=1S/C26H24N2O2/c29-25-23-10-4-3-9-21(23)22-12-11-18(15-24(22)25)26(30)27-16-19-7-1-2-8-20(19)17-28-13-5-6-14-28/h1-4,7-12,15H,5-6,13-14,16-17H2,(H,27,30). The van der Waals surface area contributed by atoms with E-state index in [9.17, 15) is 9.59 Å². The number of hydrogen-bond acceptors (Lipinski definition) is 3. The molecule has 0 spiro atoms. The van der Waals surface area contributed by atoms with Crippen LogP contribution >= 0.6 is 0 Å². The van der Waals surface area contributed by atoms with E-state index in [1.165, 1.54) is 18.4 Å². The number of ketones is 1. The number of hydrogen-bond donors (Lipinski definition) is 1. The van der Waals surface area contributed by atoms with Gasteiger partial charge in [0.05, 0.1) is 0 Å². The largest absolute Gasteiger partial charge is 0.348 e. The van der Waals surface area contributed by atoms with Gasteiger partial charge in [0.1, 0.15) is 0 Å². The minimum atomic E-state index is -0.155. The number of likely N-dealkylation sites (tertiary alicyclic amines) is 1. The van der Waals surface area contributed by atoms with E-state index in [0.717, 1.165) is 36.3 Å². The van der Waals surface area contributed by atoms with Crippen LogP contribution < -0.4 is 5.32 Å². The van der Waals surface area contributed by atoms with Crippen LogP contribution in [-0.2, 0) is 13.1 Å². The Morgan fingerprint density at radius 3 is 2.27 bits per heavy atom. The molecule has 0 unspecified atom stereocenters. The zero-order valence-corrected chi connectivity index (χ0v) is 16.9. The van der Waals surface area contributed by atoms with Crippen molar-refractivity contribution in [3.05, 3.63) is 94.5 Å². The summed E-state index contributed by atoms with van der Waals surface area (Å²) in [4.78, 5) is 28.0. The van der Waals surface area contributed by atoms with Crippen LogP contribution in [0.5, 0.6) is 0 Å². The molecule has 1 aliphatic heterocycles. The lowest BCUT2D eigenvalue weighted by Crippen LogP contribution is -2.25. The van der Waals surface area contributed by atoms with Crippen LogP contribution in [0.25, 0.3) is 11.1 Å². The Balaban J connectivity index is 1.31. The van der Waals surface area contributed by atoms with Crippen LogP contribution in [0.3, 0.4) is 0 Å². The molecule has 30 heavy (non-hydrogen) atoms. The lowest BCUT2D eigenvalue weighted by Gasteiger charge is -2.17. The lowest BCUT2D eigenvalue weighted by atomic mass is 10.0. The fourth-order valence-corrected chi connectivity index (χ4v) is 4.51. The van der Waals surface area contributed by atoms with Gasteiger partial charge >= 0.3 is 0 Å². The van der Waals surface area contributed by atoms with Crippen LogP contribution in [0.2, 0.25) is 0 Å². The van der Waals surface area contributed by atoms with Crippen molar-refractivity contribution < 1.29 is 9.59 Å². The first-order valence-electron chi connectivity index (χ1n) is 10.6. The maximum Gasteiger partial charge on any atom is 0.251 e. The molecule has 0 atom stereocenters. The van der Waals surface area contributed by atoms with Gasteiger partial charge in [0.25, 0.3) is 5.91 Å². The molecule has 0 saturated carbocycles. The first-order chi connectivity index (χ1) is 14.7. The maximum absolute atomic E-state index is 12.8. The monoisotopic (exact) mass is 396 g/mol. The van der Waals surface area contributed by atoms with Crippen molar-refractivity contribution in [2.45, 2.75) is 25.9 Å². The molecule has 4 heteroatoms. The lowest BCUT2D eigenvalue weighted by molar-refractivity contribution is 0.0950. The van der Waals surface area contributed by atoms with E-state index in [-0.39, 0.29) is 11.7 Å². The summed E-state index contributed by atoms with van der Waals surface area (Å²) < 4.78 is 0. The van der Waals surface area contributed by atoms with Gasteiger partial charge in [-0.2, -0.15) is 0 Å². The molecule has 2 aliphatic rings. The molecule has 1 N–H and O–H groups in total. The number of nitrogens with zero attached hydrogens (tertiary/aromatic N) is 1. The Kier molecular flexibility index (Phi) is 4.93. The summed E-state index contributed by atoms with van der Waals surface area (Å²) in [7, 11) is 0. The first kappa shape index (κ1) is 18.8. The average molecular weight is 396 g/mol. The van der Waals surface area contributed by atoms with Crippen LogP contribution in [0, 0.1) is 0 Å². The smallest absolute Gasteiger partial charge is 0.251 e. The number of benzene rings is 3. The van der Waals surface area contributed by atoms with Gasteiger partial charge in [-0.05, 0) is 60.3 Å². The second kappa shape index (κ2) is 7.88. The van der Waals surface area contributed by atoms with Gasteiger partial charge in [-0.25, -0.2) is 0 Å². The van der Waals surface area contributed by atoms with Gasteiger partial charge in [-0.1, -0.05) is 54.6 Å². The Bertz CT molecular complexity index is 1130.